The minimum absolute atomic E-state index is 0.0810. The van der Waals surface area contributed by atoms with E-state index in [9.17, 15) is 0 Å². The summed E-state index contributed by atoms with van der Waals surface area (Å²) >= 11 is 0. The summed E-state index contributed by atoms with van der Waals surface area (Å²) in [7, 11) is 0. The predicted molar refractivity (Wildman–Crippen MR) is 76.1 cm³/mol. The minimum Gasteiger partial charge on any atom is -0.478 e. The van der Waals surface area contributed by atoms with Crippen molar-refractivity contribution in [2.24, 2.45) is 0 Å². The number of nitriles is 1. The third kappa shape index (κ3) is 4.41. The molecule has 5 nitrogen and oxygen atoms in total. The lowest BCUT2D eigenvalue weighted by atomic mass is 10.2. The highest BCUT2D eigenvalue weighted by molar-refractivity contribution is 5.33. The van der Waals surface area contributed by atoms with Crippen molar-refractivity contribution in [1.29, 1.82) is 5.26 Å². The van der Waals surface area contributed by atoms with Gasteiger partial charge in [0.25, 0.3) is 0 Å². The quantitative estimate of drug-likeness (QED) is 0.745. The van der Waals surface area contributed by atoms with Gasteiger partial charge in [0.15, 0.2) is 6.61 Å². The molecule has 1 aromatic heterocycles. The molecule has 2 aromatic rings. The van der Waals surface area contributed by atoms with Crippen LogP contribution in [0.15, 0.2) is 43.0 Å². The van der Waals surface area contributed by atoms with E-state index in [4.69, 9.17) is 10.00 Å². The summed E-state index contributed by atoms with van der Waals surface area (Å²) in [4.78, 5) is 4.01. The van der Waals surface area contributed by atoms with Crippen molar-refractivity contribution in [3.63, 3.8) is 0 Å². The van der Waals surface area contributed by atoms with E-state index in [0.717, 1.165) is 37.4 Å². The molecule has 1 aromatic carbocycles. The summed E-state index contributed by atoms with van der Waals surface area (Å²) in [6, 6.07) is 9.77. The van der Waals surface area contributed by atoms with Crippen LogP contribution in [0, 0.1) is 11.3 Å². The zero-order valence-corrected chi connectivity index (χ0v) is 11.3. The summed E-state index contributed by atoms with van der Waals surface area (Å²) in [5, 5.41) is 11.9. The lowest BCUT2D eigenvalue weighted by Gasteiger charge is -2.10. The van der Waals surface area contributed by atoms with Gasteiger partial charge < -0.3 is 14.6 Å². The number of hydrogen-bond acceptors (Lipinski definition) is 4. The molecule has 0 aliphatic carbocycles. The molecule has 0 aliphatic rings. The van der Waals surface area contributed by atoms with Crippen molar-refractivity contribution < 1.29 is 4.74 Å². The molecule has 0 radical (unpaired) electrons. The second-order valence-corrected chi connectivity index (χ2v) is 4.39. The first-order chi connectivity index (χ1) is 9.90. The van der Waals surface area contributed by atoms with Crippen molar-refractivity contribution in [3.05, 3.63) is 48.5 Å². The molecule has 0 atom stereocenters. The van der Waals surface area contributed by atoms with Gasteiger partial charge in [-0.15, -0.1) is 0 Å². The van der Waals surface area contributed by atoms with E-state index in [1.54, 1.807) is 6.20 Å². The number of aromatic nitrogens is 2. The van der Waals surface area contributed by atoms with E-state index < -0.39 is 0 Å². The van der Waals surface area contributed by atoms with Crippen LogP contribution in [0.4, 0.5) is 0 Å². The monoisotopic (exact) mass is 270 g/mol. The van der Waals surface area contributed by atoms with Gasteiger partial charge in [-0.3, -0.25) is 0 Å². The maximum atomic E-state index is 8.56. The third-order valence-corrected chi connectivity index (χ3v) is 2.91. The maximum absolute atomic E-state index is 8.56. The molecule has 0 amide bonds. The van der Waals surface area contributed by atoms with E-state index in [-0.39, 0.29) is 6.61 Å². The first-order valence-electron chi connectivity index (χ1n) is 6.64. The Morgan fingerprint density at radius 3 is 3.05 bits per heavy atom. The molecular weight excluding hydrogens is 252 g/mol. The Morgan fingerprint density at radius 1 is 1.35 bits per heavy atom. The van der Waals surface area contributed by atoms with Crippen molar-refractivity contribution in [2.45, 2.75) is 19.5 Å². The van der Waals surface area contributed by atoms with Gasteiger partial charge in [0.1, 0.15) is 11.8 Å². The van der Waals surface area contributed by atoms with Crippen molar-refractivity contribution in [3.8, 4) is 11.8 Å². The Hall–Kier alpha value is -2.32. The van der Waals surface area contributed by atoms with E-state index in [0.29, 0.717) is 0 Å². The Balaban J connectivity index is 1.72. The van der Waals surface area contributed by atoms with Gasteiger partial charge in [0, 0.05) is 31.0 Å². The molecule has 0 spiro atoms. The summed E-state index contributed by atoms with van der Waals surface area (Å²) in [5.74, 6) is 0.774. The fourth-order valence-electron chi connectivity index (χ4n) is 1.93. The van der Waals surface area contributed by atoms with E-state index in [1.807, 2.05) is 42.9 Å². The summed E-state index contributed by atoms with van der Waals surface area (Å²) < 4.78 is 7.45. The van der Waals surface area contributed by atoms with Crippen molar-refractivity contribution >= 4 is 0 Å². The number of nitrogens with one attached hydrogen (secondary N) is 1. The van der Waals surface area contributed by atoms with Crippen LogP contribution in [-0.4, -0.2) is 22.7 Å². The molecule has 0 aliphatic heterocycles. The standard InChI is InChI=1S/C15H18N4O/c16-6-11-20-15-5-2-1-4-14(15)12-17-7-3-9-19-10-8-18-13-19/h1-2,4-5,8,10,13,17H,3,7,9,11-12H2. The molecule has 0 fully saturated rings. The number of para-hydroxylation sites is 1. The Kier molecular flexibility index (Phi) is 5.62. The van der Waals surface area contributed by atoms with Gasteiger partial charge in [0.2, 0.25) is 0 Å². The van der Waals surface area contributed by atoms with Crippen LogP contribution in [0.1, 0.15) is 12.0 Å². The second kappa shape index (κ2) is 7.97. The Bertz CT molecular complexity index is 545. The van der Waals surface area contributed by atoms with Crippen LogP contribution in [0.2, 0.25) is 0 Å². The average Bonchev–Trinajstić information content (AvgIpc) is 2.99. The van der Waals surface area contributed by atoms with Gasteiger partial charge in [-0.1, -0.05) is 18.2 Å². The molecule has 0 saturated carbocycles. The molecule has 2 rings (SSSR count). The van der Waals surface area contributed by atoms with Crippen LogP contribution in [0.25, 0.3) is 0 Å². The zero-order valence-electron chi connectivity index (χ0n) is 11.3. The SMILES string of the molecule is N#CCOc1ccccc1CNCCCn1ccnc1. The first-order valence-corrected chi connectivity index (χ1v) is 6.64. The average molecular weight is 270 g/mol. The fourth-order valence-corrected chi connectivity index (χ4v) is 1.93. The Labute approximate surface area is 118 Å². The maximum Gasteiger partial charge on any atom is 0.174 e. The molecule has 20 heavy (non-hydrogen) atoms. The minimum atomic E-state index is 0.0810. The molecule has 0 saturated heterocycles. The molecule has 0 unspecified atom stereocenters. The summed E-state index contributed by atoms with van der Waals surface area (Å²) in [5.41, 5.74) is 1.07. The lowest BCUT2D eigenvalue weighted by molar-refractivity contribution is 0.362. The Morgan fingerprint density at radius 2 is 2.25 bits per heavy atom. The van der Waals surface area contributed by atoms with Crippen LogP contribution < -0.4 is 10.1 Å². The van der Waals surface area contributed by atoms with Gasteiger partial charge >= 0.3 is 0 Å². The van der Waals surface area contributed by atoms with Crippen LogP contribution in [0.5, 0.6) is 5.75 Å². The molecular formula is C15H18N4O. The smallest absolute Gasteiger partial charge is 0.174 e. The van der Waals surface area contributed by atoms with Crippen LogP contribution in [-0.2, 0) is 13.1 Å². The highest BCUT2D eigenvalue weighted by Crippen LogP contribution is 2.17. The largest absolute Gasteiger partial charge is 0.478 e. The van der Waals surface area contributed by atoms with Gasteiger partial charge in [-0.25, -0.2) is 4.98 Å². The molecule has 5 heteroatoms. The van der Waals surface area contributed by atoms with Gasteiger partial charge in [-0.2, -0.15) is 5.26 Å². The van der Waals surface area contributed by atoms with Crippen LogP contribution in [0.3, 0.4) is 0 Å². The lowest BCUT2D eigenvalue weighted by Crippen LogP contribution is -2.17. The highest BCUT2D eigenvalue weighted by Gasteiger charge is 2.02. The molecule has 0 bridgehead atoms. The second-order valence-electron chi connectivity index (χ2n) is 4.39. The fraction of sp³-hybridized carbons (Fsp3) is 0.333. The number of rotatable bonds is 8. The normalized spacial score (nSPS) is 10.2. The van der Waals surface area contributed by atoms with E-state index in [2.05, 4.69) is 14.9 Å². The zero-order chi connectivity index (χ0) is 14.0. The number of hydrogen-bond donors (Lipinski definition) is 1. The van der Waals surface area contributed by atoms with E-state index in [1.165, 1.54) is 0 Å². The van der Waals surface area contributed by atoms with Crippen molar-refractivity contribution in [2.75, 3.05) is 13.2 Å². The number of aryl methyl sites for hydroxylation is 1. The third-order valence-electron chi connectivity index (χ3n) is 2.91. The van der Waals surface area contributed by atoms with Gasteiger partial charge in [-0.05, 0) is 19.0 Å². The topological polar surface area (TPSA) is 62.9 Å². The van der Waals surface area contributed by atoms with E-state index >= 15 is 0 Å². The number of imidazole rings is 1. The number of benzene rings is 1. The first kappa shape index (κ1) is 14.1. The molecule has 1 heterocycles. The molecule has 1 N–H and O–H groups in total. The number of nitrogens with zero attached hydrogens (tertiary/aromatic N) is 3. The number of ether oxygens (including phenoxy) is 1. The van der Waals surface area contributed by atoms with Gasteiger partial charge in [0.05, 0.1) is 6.33 Å². The summed E-state index contributed by atoms with van der Waals surface area (Å²) in [6.45, 7) is 2.70. The van der Waals surface area contributed by atoms with Crippen molar-refractivity contribution in [1.82, 2.24) is 14.9 Å². The molecule has 104 valence electrons. The highest BCUT2D eigenvalue weighted by atomic mass is 16.5. The van der Waals surface area contributed by atoms with Crippen LogP contribution >= 0.6 is 0 Å². The summed E-state index contributed by atoms with van der Waals surface area (Å²) in [6.07, 6.45) is 6.61. The predicted octanol–water partition coefficient (Wildman–Crippen LogP) is 1.97.